The fraction of sp³-hybridized carbons (Fsp3) is 0.714. The molecule has 35 nitrogen and oxygen atoms in total. The lowest BCUT2D eigenvalue weighted by molar-refractivity contribution is -0.369. The number of nitrogens with one attached hydrogen (secondary N) is 2. The lowest BCUT2D eigenvalue weighted by Gasteiger charge is -2.49. The number of benzene rings is 1. The highest BCUT2D eigenvalue weighted by atomic mass is 32.3. The van der Waals surface area contributed by atoms with E-state index in [4.69, 9.17) is 59.8 Å². The number of rotatable bonds is 20. The molecule has 17 N–H and O–H groups in total. The van der Waals surface area contributed by atoms with E-state index in [1.54, 1.807) is 19.1 Å². The Morgan fingerprint density at radius 1 is 0.542 bits per heavy atom. The average molecular weight is 1090 g/mol. The third-order valence-corrected chi connectivity index (χ3v) is 12.4. The van der Waals surface area contributed by atoms with Gasteiger partial charge in [-0.1, -0.05) is 17.7 Å². The van der Waals surface area contributed by atoms with Crippen molar-refractivity contribution in [2.24, 2.45) is 23.6 Å². The molecule has 0 aliphatic carbocycles. The quantitative estimate of drug-likeness (QED) is 0.0539. The van der Waals surface area contributed by atoms with Crippen LogP contribution in [0.25, 0.3) is 0 Å². The van der Waals surface area contributed by atoms with Gasteiger partial charge in [0.25, 0.3) is 0 Å². The number of nitrogens with two attached hydrogens (primary N) is 4. The van der Waals surface area contributed by atoms with Crippen LogP contribution in [0.4, 0.5) is 0 Å². The Hall–Kier alpha value is -4.08. The van der Waals surface area contributed by atoms with E-state index in [1.807, 2.05) is 0 Å². The summed E-state index contributed by atoms with van der Waals surface area (Å²) in [6, 6.07) is 2.42. The van der Waals surface area contributed by atoms with Gasteiger partial charge in [-0.2, -0.15) is 49.0 Å². The number of carbonyl (C=O) groups excluding carboxylic acids is 4. The molecule has 410 valence electrons. The number of aliphatic hydroxyl groups excluding tert-OH is 7. The molecule has 5 rings (SSSR count). The molecule has 4 fully saturated rings. The summed E-state index contributed by atoms with van der Waals surface area (Å²) in [6.45, 7) is 1.21. The van der Waals surface area contributed by atoms with E-state index in [0.717, 1.165) is 19.4 Å². The maximum atomic E-state index is 13.2. The van der Waals surface area contributed by atoms with Gasteiger partial charge in [0.15, 0.2) is 31.1 Å². The first-order valence-electron chi connectivity index (χ1n) is 20.8. The van der Waals surface area contributed by atoms with E-state index in [1.165, 1.54) is 12.1 Å². The fourth-order valence-corrected chi connectivity index (χ4v) is 8.29. The molecular weight excluding hydrogens is 1030 g/mol. The van der Waals surface area contributed by atoms with Crippen LogP contribution in [0.3, 0.4) is 0 Å². The van der Waals surface area contributed by atoms with Crippen LogP contribution in [0.15, 0.2) is 24.3 Å². The third kappa shape index (κ3) is 14.2. The van der Waals surface area contributed by atoms with Crippen LogP contribution in [-0.2, 0) is 99.7 Å². The highest BCUT2D eigenvalue weighted by molar-refractivity contribution is 7.82. The van der Waals surface area contributed by atoms with Crippen molar-refractivity contribution in [1.82, 2.24) is 10.6 Å². The summed E-state index contributed by atoms with van der Waals surface area (Å²) in [7, 11) is -10.0. The van der Waals surface area contributed by atoms with E-state index in [-0.39, 0.29) is 5.75 Å². The Kier molecular flexibility index (Phi) is 20.4. The van der Waals surface area contributed by atoms with Gasteiger partial charge >= 0.3 is 32.7 Å². The molecule has 8 unspecified atom stereocenters. The van der Waals surface area contributed by atoms with Crippen LogP contribution in [0.2, 0.25) is 0 Å². The van der Waals surface area contributed by atoms with Crippen molar-refractivity contribution in [2.45, 2.75) is 143 Å². The van der Waals surface area contributed by atoms with Gasteiger partial charge in [-0.05, 0) is 19.1 Å². The molecule has 4 aliphatic heterocycles. The monoisotopic (exact) mass is 1090 g/mol. The highest BCUT2D eigenvalue weighted by Gasteiger charge is 2.58. The van der Waals surface area contributed by atoms with Gasteiger partial charge in [0.1, 0.15) is 91.1 Å². The van der Waals surface area contributed by atoms with Crippen molar-refractivity contribution < 1.29 is 136 Å². The number of amides is 2. The lowest BCUT2D eigenvalue weighted by atomic mass is 9.94. The molecular formula is C35H54N6O29S2. The number of hydrogen-bond donors (Lipinski definition) is 13. The van der Waals surface area contributed by atoms with E-state index in [9.17, 15) is 71.8 Å². The molecule has 72 heavy (non-hydrogen) atoms. The summed E-state index contributed by atoms with van der Waals surface area (Å²) in [4.78, 5) is 59.5. The summed E-state index contributed by atoms with van der Waals surface area (Å²) in [5, 5.41) is 83.4. The second-order valence-electron chi connectivity index (χ2n) is 16.0. The molecule has 1 aromatic carbocycles. The van der Waals surface area contributed by atoms with Gasteiger partial charge in [-0.15, -0.1) is 0 Å². The van der Waals surface area contributed by atoms with Gasteiger partial charge in [-0.25, -0.2) is 18.0 Å². The smallest absolute Gasteiger partial charge is 0.415 e. The average Bonchev–Trinajstić information content (AvgIpc) is 3.33. The van der Waals surface area contributed by atoms with Crippen molar-refractivity contribution in [3.05, 3.63) is 29.8 Å². The van der Waals surface area contributed by atoms with Crippen molar-refractivity contribution in [3.8, 4) is 5.75 Å². The Balaban J connectivity index is 1.45. The zero-order chi connectivity index (χ0) is 53.6. The molecule has 1 aromatic rings. The van der Waals surface area contributed by atoms with E-state index < -0.39 is 180 Å². The summed E-state index contributed by atoms with van der Waals surface area (Å²) >= 11 is 0. The van der Waals surface area contributed by atoms with Gasteiger partial charge in [0, 0.05) is 13.8 Å². The number of carbonyl (C=O) groups is 4. The third-order valence-electron chi connectivity index (χ3n) is 11.0. The maximum Gasteiger partial charge on any atom is 0.415 e. The molecule has 0 aromatic heterocycles. The SMILES string of the molecule is CC(=O)NC1[C@@H](O[C@@H]2C(C(=O)ON)O[C@@H](O[C@@H]3C(COS(=O)(=O)ON)O[C@H](O[C@H]4C(C(=O)ON)O[C@@H](Oc5ccc(C)cc5)C(O)[C@@H]4O)C(NC(C)=O)[C@H]3O)C(O)[C@@H]2O)OC(COS(=O)(=O)ON)[C@@H](O)[C@@H]1O. The molecule has 4 heterocycles. The Labute approximate surface area is 406 Å². The van der Waals surface area contributed by atoms with E-state index in [0.29, 0.717) is 0 Å². The molecule has 4 aliphatic rings. The molecule has 20 atom stereocenters. The fourth-order valence-electron chi connectivity index (χ4n) is 7.57. The van der Waals surface area contributed by atoms with Crippen LogP contribution in [0.5, 0.6) is 5.75 Å². The van der Waals surface area contributed by atoms with Crippen LogP contribution in [-0.4, -0.2) is 212 Å². The molecule has 4 saturated heterocycles. The summed E-state index contributed by atoms with van der Waals surface area (Å²) in [5.41, 5.74) is 0.813. The first kappa shape index (κ1) is 58.8. The summed E-state index contributed by atoms with van der Waals surface area (Å²) in [6.07, 6.45) is -39.1. The Morgan fingerprint density at radius 3 is 1.42 bits per heavy atom. The van der Waals surface area contributed by atoms with Crippen LogP contribution < -0.4 is 39.0 Å². The van der Waals surface area contributed by atoms with Gasteiger partial charge in [0.05, 0.1) is 13.2 Å². The van der Waals surface area contributed by atoms with Crippen molar-refractivity contribution in [1.29, 1.82) is 0 Å². The topological polar surface area (TPSA) is 536 Å². The second kappa shape index (κ2) is 25.0. The Morgan fingerprint density at radius 2 is 0.958 bits per heavy atom. The predicted molar refractivity (Wildman–Crippen MR) is 219 cm³/mol. The van der Waals surface area contributed by atoms with E-state index >= 15 is 0 Å². The van der Waals surface area contributed by atoms with Crippen LogP contribution >= 0.6 is 0 Å². The number of aryl methyl sites for hydroxylation is 1. The largest absolute Gasteiger partial charge is 0.462 e. The maximum absolute atomic E-state index is 13.2. The minimum absolute atomic E-state index is 0.102. The number of ether oxygens (including phenoxy) is 8. The zero-order valence-electron chi connectivity index (χ0n) is 37.5. The van der Waals surface area contributed by atoms with Gasteiger partial charge < -0.3 is 93.9 Å². The summed E-state index contributed by atoms with van der Waals surface area (Å²) < 4.78 is 110. The van der Waals surface area contributed by atoms with Crippen molar-refractivity contribution in [3.63, 3.8) is 0 Å². The van der Waals surface area contributed by atoms with E-state index in [2.05, 4.69) is 39.0 Å². The van der Waals surface area contributed by atoms with Gasteiger partial charge in [0.2, 0.25) is 18.1 Å². The van der Waals surface area contributed by atoms with Crippen molar-refractivity contribution in [2.75, 3.05) is 13.2 Å². The van der Waals surface area contributed by atoms with Crippen LogP contribution in [0.1, 0.15) is 19.4 Å². The minimum atomic E-state index is -5.11. The minimum Gasteiger partial charge on any atom is -0.462 e. The van der Waals surface area contributed by atoms with Gasteiger partial charge in [-0.3, -0.25) is 9.59 Å². The van der Waals surface area contributed by atoms with Crippen LogP contribution in [0, 0.1) is 6.92 Å². The standard InChI is InChI=1S/C35H54N6O29S2/c1-10-4-6-13(7-5-10)59-34-23(49)21(47)26(28(65-34)30(51)67-36)64-33-17(41-12(3)43)20(46)25(15(61-33)9-58-72(55,56)70-39)62-35-24(50)22(48)27(29(66-35)31(52)68-37)63-32-16(40-11(2)42)19(45)18(44)14(60-32)8-57-71(53,54)69-38/h4-7,14-29,32-35,44-50H,8-9,36-39H2,1-3H3,(H,40,42)(H,41,43)/t14?,15?,16?,17?,18-,19-,20-,21+,22+,23?,24?,25-,26-,27+,28?,29?,32-,33-,34-,35-/m1/s1. The molecule has 0 saturated carbocycles. The molecule has 0 radical (unpaired) electrons. The Bertz CT molecular complexity index is 2240. The molecule has 2 amide bonds. The number of hydrogen-bond acceptors (Lipinski definition) is 33. The number of aliphatic hydroxyl groups is 7. The molecule has 0 spiro atoms. The first-order chi connectivity index (χ1) is 33.8. The molecule has 37 heteroatoms. The molecule has 0 bridgehead atoms. The van der Waals surface area contributed by atoms with Crippen molar-refractivity contribution >= 4 is 44.6 Å². The second-order valence-corrected chi connectivity index (χ2v) is 18.5. The zero-order valence-corrected chi connectivity index (χ0v) is 39.1. The summed E-state index contributed by atoms with van der Waals surface area (Å²) in [5.74, 6) is 14.9. The highest BCUT2D eigenvalue weighted by Crippen LogP contribution is 2.36. The lowest BCUT2D eigenvalue weighted by Crippen LogP contribution is -2.70. The predicted octanol–water partition coefficient (Wildman–Crippen LogP) is -9.90. The normalized spacial score (nSPS) is 37.5. The first-order valence-corrected chi connectivity index (χ1v) is 23.4.